The summed E-state index contributed by atoms with van der Waals surface area (Å²) >= 11 is 0. The Morgan fingerprint density at radius 1 is 1.15 bits per heavy atom. The molecule has 0 unspecified atom stereocenters. The molecule has 20 heavy (non-hydrogen) atoms. The van der Waals surface area contributed by atoms with Gasteiger partial charge in [-0.3, -0.25) is 0 Å². The van der Waals surface area contributed by atoms with Gasteiger partial charge in [-0.25, -0.2) is 4.39 Å². The molecule has 0 saturated heterocycles. The molecule has 0 aromatic heterocycles. The zero-order valence-corrected chi connectivity index (χ0v) is 12.4. The van der Waals surface area contributed by atoms with Crippen LogP contribution in [-0.2, 0) is 0 Å². The highest BCUT2D eigenvalue weighted by Gasteiger charge is 2.21. The number of hydrogen-bond acceptors (Lipinski definition) is 1. The molecule has 2 heteroatoms. The zero-order valence-electron chi connectivity index (χ0n) is 12.4. The van der Waals surface area contributed by atoms with E-state index in [2.05, 4.69) is 31.2 Å². The molecule has 1 aromatic carbocycles. The predicted molar refractivity (Wildman–Crippen MR) is 81.8 cm³/mol. The van der Waals surface area contributed by atoms with Crippen LogP contribution in [-0.4, -0.2) is 6.61 Å². The van der Waals surface area contributed by atoms with E-state index in [1.807, 2.05) is 0 Å². The number of benzene rings is 1. The Bertz CT molecular complexity index is 402. The highest BCUT2D eigenvalue weighted by Crippen LogP contribution is 2.37. The fourth-order valence-electron chi connectivity index (χ4n) is 3.03. The van der Waals surface area contributed by atoms with E-state index in [1.165, 1.54) is 31.2 Å². The van der Waals surface area contributed by atoms with Crippen LogP contribution in [0.15, 0.2) is 36.7 Å². The SMILES string of the molecule is CCCOc1ccc([C@H]2CC[C@H](CC=CF)CC2)cc1. The summed E-state index contributed by atoms with van der Waals surface area (Å²) in [5, 5.41) is 0. The van der Waals surface area contributed by atoms with Gasteiger partial charge in [0.1, 0.15) is 5.75 Å². The highest BCUT2D eigenvalue weighted by atomic mass is 19.1. The van der Waals surface area contributed by atoms with Gasteiger partial charge in [-0.1, -0.05) is 25.1 Å². The molecule has 1 saturated carbocycles. The molecule has 0 bridgehead atoms. The second kappa shape index (κ2) is 8.08. The molecular weight excluding hydrogens is 251 g/mol. The van der Waals surface area contributed by atoms with Gasteiger partial charge >= 0.3 is 0 Å². The van der Waals surface area contributed by atoms with Gasteiger partial charge in [-0.05, 0) is 68.1 Å². The van der Waals surface area contributed by atoms with E-state index in [9.17, 15) is 4.39 Å². The smallest absolute Gasteiger partial charge is 0.119 e. The van der Waals surface area contributed by atoms with Crippen LogP contribution in [0.2, 0.25) is 0 Å². The van der Waals surface area contributed by atoms with E-state index in [1.54, 1.807) is 6.08 Å². The second-order valence-electron chi connectivity index (χ2n) is 5.73. The van der Waals surface area contributed by atoms with Crippen LogP contribution in [0.25, 0.3) is 0 Å². The van der Waals surface area contributed by atoms with Crippen molar-refractivity contribution in [2.45, 2.75) is 51.4 Å². The van der Waals surface area contributed by atoms with Crippen LogP contribution in [0.1, 0.15) is 56.9 Å². The molecular formula is C18H25FO. The lowest BCUT2D eigenvalue weighted by Crippen LogP contribution is -2.12. The van der Waals surface area contributed by atoms with E-state index in [0.717, 1.165) is 25.2 Å². The van der Waals surface area contributed by atoms with Crippen molar-refractivity contribution in [2.24, 2.45) is 5.92 Å². The average Bonchev–Trinajstić information content (AvgIpc) is 2.52. The number of rotatable bonds is 6. The van der Waals surface area contributed by atoms with Gasteiger partial charge in [0.25, 0.3) is 0 Å². The minimum atomic E-state index is 0.667. The minimum absolute atomic E-state index is 0.667. The predicted octanol–water partition coefficient (Wildman–Crippen LogP) is 5.62. The lowest BCUT2D eigenvalue weighted by molar-refractivity contribution is 0.315. The fraction of sp³-hybridized carbons (Fsp3) is 0.556. The maximum atomic E-state index is 12.0. The molecule has 0 aliphatic heterocycles. The van der Waals surface area contributed by atoms with Crippen molar-refractivity contribution in [1.29, 1.82) is 0 Å². The van der Waals surface area contributed by atoms with Crippen molar-refractivity contribution in [2.75, 3.05) is 6.61 Å². The Morgan fingerprint density at radius 2 is 1.85 bits per heavy atom. The van der Waals surface area contributed by atoms with Crippen LogP contribution in [0.3, 0.4) is 0 Å². The Morgan fingerprint density at radius 3 is 2.45 bits per heavy atom. The summed E-state index contributed by atoms with van der Waals surface area (Å²) in [7, 11) is 0. The molecule has 110 valence electrons. The minimum Gasteiger partial charge on any atom is -0.494 e. The van der Waals surface area contributed by atoms with E-state index in [0.29, 0.717) is 18.2 Å². The maximum Gasteiger partial charge on any atom is 0.119 e. The molecule has 1 aromatic rings. The first-order chi connectivity index (χ1) is 9.83. The average molecular weight is 276 g/mol. The van der Waals surface area contributed by atoms with Gasteiger partial charge in [-0.2, -0.15) is 0 Å². The first-order valence-electron chi connectivity index (χ1n) is 7.81. The van der Waals surface area contributed by atoms with Gasteiger partial charge < -0.3 is 4.74 Å². The van der Waals surface area contributed by atoms with Gasteiger partial charge in [0, 0.05) is 0 Å². The third kappa shape index (κ3) is 4.36. The van der Waals surface area contributed by atoms with Gasteiger partial charge in [0.05, 0.1) is 12.9 Å². The molecule has 1 aliphatic carbocycles. The standard InChI is InChI=1S/C18H25FO/c1-2-14-20-18-11-9-17(10-12-18)16-7-5-15(6-8-16)4-3-13-19/h3,9-13,15-16H,2,4-8,14H2,1H3/t15-,16-. The molecule has 0 amide bonds. The quantitative estimate of drug-likeness (QED) is 0.655. The van der Waals surface area contributed by atoms with Crippen LogP contribution < -0.4 is 4.74 Å². The summed E-state index contributed by atoms with van der Waals surface area (Å²) < 4.78 is 17.6. The third-order valence-electron chi connectivity index (χ3n) is 4.23. The van der Waals surface area contributed by atoms with Gasteiger partial charge in [-0.15, -0.1) is 0 Å². The molecule has 0 radical (unpaired) electrons. The normalized spacial score (nSPS) is 23.1. The van der Waals surface area contributed by atoms with E-state index >= 15 is 0 Å². The molecule has 1 aliphatic rings. The molecule has 0 atom stereocenters. The molecule has 0 spiro atoms. The van der Waals surface area contributed by atoms with Crippen molar-refractivity contribution in [3.05, 3.63) is 42.2 Å². The van der Waals surface area contributed by atoms with Crippen molar-refractivity contribution in [1.82, 2.24) is 0 Å². The van der Waals surface area contributed by atoms with Crippen LogP contribution in [0.5, 0.6) is 5.75 Å². The van der Waals surface area contributed by atoms with E-state index < -0.39 is 0 Å². The maximum absolute atomic E-state index is 12.0. The van der Waals surface area contributed by atoms with Crippen molar-refractivity contribution < 1.29 is 9.13 Å². The molecule has 2 rings (SSSR count). The first kappa shape index (κ1) is 15.1. The summed E-state index contributed by atoms with van der Waals surface area (Å²) in [5.41, 5.74) is 1.42. The number of ether oxygens (including phenoxy) is 1. The summed E-state index contributed by atoms with van der Waals surface area (Å²) in [4.78, 5) is 0. The number of allylic oxidation sites excluding steroid dienone is 1. The Hall–Kier alpha value is -1.31. The van der Waals surface area contributed by atoms with Crippen molar-refractivity contribution in [3.63, 3.8) is 0 Å². The lowest BCUT2D eigenvalue weighted by Gasteiger charge is -2.28. The molecule has 1 nitrogen and oxygen atoms in total. The Kier molecular flexibility index (Phi) is 6.10. The monoisotopic (exact) mass is 276 g/mol. The summed E-state index contributed by atoms with van der Waals surface area (Å²) in [6.07, 6.45) is 9.14. The second-order valence-corrected chi connectivity index (χ2v) is 5.73. The van der Waals surface area contributed by atoms with Gasteiger partial charge in [0.2, 0.25) is 0 Å². The van der Waals surface area contributed by atoms with E-state index in [4.69, 9.17) is 4.74 Å². The van der Waals surface area contributed by atoms with Crippen LogP contribution >= 0.6 is 0 Å². The van der Waals surface area contributed by atoms with Gasteiger partial charge in [0.15, 0.2) is 0 Å². The number of hydrogen-bond donors (Lipinski definition) is 0. The highest BCUT2D eigenvalue weighted by molar-refractivity contribution is 5.29. The van der Waals surface area contributed by atoms with Crippen LogP contribution in [0, 0.1) is 5.92 Å². The summed E-state index contributed by atoms with van der Waals surface area (Å²) in [6, 6.07) is 8.58. The van der Waals surface area contributed by atoms with Crippen molar-refractivity contribution >= 4 is 0 Å². The fourth-order valence-corrected chi connectivity index (χ4v) is 3.03. The topological polar surface area (TPSA) is 9.23 Å². The Balaban J connectivity index is 1.84. The molecule has 0 N–H and O–H groups in total. The Labute approximate surface area is 121 Å². The number of halogens is 1. The molecule has 0 heterocycles. The summed E-state index contributed by atoms with van der Waals surface area (Å²) in [5.74, 6) is 2.31. The zero-order chi connectivity index (χ0) is 14.2. The van der Waals surface area contributed by atoms with Crippen LogP contribution in [0.4, 0.5) is 4.39 Å². The third-order valence-corrected chi connectivity index (χ3v) is 4.23. The largest absolute Gasteiger partial charge is 0.494 e. The summed E-state index contributed by atoms with van der Waals surface area (Å²) in [6.45, 7) is 2.90. The van der Waals surface area contributed by atoms with E-state index in [-0.39, 0.29) is 0 Å². The lowest BCUT2D eigenvalue weighted by atomic mass is 9.77. The molecule has 1 fully saturated rings. The first-order valence-corrected chi connectivity index (χ1v) is 7.81. The van der Waals surface area contributed by atoms with Crippen molar-refractivity contribution in [3.8, 4) is 5.75 Å².